The maximum atomic E-state index is 5.03. The highest BCUT2D eigenvalue weighted by Crippen LogP contribution is 2.01. The normalized spacial score (nSPS) is 13.4. The zero-order valence-corrected chi connectivity index (χ0v) is 10.9. The summed E-state index contributed by atoms with van der Waals surface area (Å²) >= 11 is 0. The highest BCUT2D eigenvalue weighted by Gasteiger charge is 2.00. The van der Waals surface area contributed by atoms with Gasteiger partial charge in [-0.05, 0) is 46.8 Å². The van der Waals surface area contributed by atoms with Crippen LogP contribution in [0.25, 0.3) is 0 Å². The van der Waals surface area contributed by atoms with E-state index in [0.29, 0.717) is 6.04 Å². The van der Waals surface area contributed by atoms with Crippen LogP contribution in [-0.2, 0) is 4.74 Å². The van der Waals surface area contributed by atoms with Crippen molar-refractivity contribution in [3.63, 3.8) is 0 Å². The number of nitrogens with one attached hydrogen (secondary N) is 1. The van der Waals surface area contributed by atoms with Gasteiger partial charge in [-0.25, -0.2) is 0 Å². The fourth-order valence-electron chi connectivity index (χ4n) is 1.57. The largest absolute Gasteiger partial charge is 0.385 e. The average molecular weight is 216 g/mol. The summed E-state index contributed by atoms with van der Waals surface area (Å²) in [6.45, 7) is 5.47. The first-order valence-corrected chi connectivity index (χ1v) is 6.05. The first-order chi connectivity index (χ1) is 7.20. The molecule has 0 aromatic heterocycles. The number of nitrogens with zero attached hydrogens (tertiary/aromatic N) is 1. The molecule has 1 atom stereocenters. The van der Waals surface area contributed by atoms with E-state index < -0.39 is 0 Å². The Bertz CT molecular complexity index is 131. The summed E-state index contributed by atoms with van der Waals surface area (Å²) in [5, 5.41) is 3.26. The second-order valence-electron chi connectivity index (χ2n) is 4.34. The predicted octanol–water partition coefficient (Wildman–Crippen LogP) is 1.73. The summed E-state index contributed by atoms with van der Waals surface area (Å²) in [5.41, 5.74) is 0. The first-order valence-electron chi connectivity index (χ1n) is 6.05. The molecule has 0 aliphatic carbocycles. The Morgan fingerprint density at radius 3 is 2.47 bits per heavy atom. The van der Waals surface area contributed by atoms with Gasteiger partial charge >= 0.3 is 0 Å². The molecule has 0 saturated heterocycles. The van der Waals surface area contributed by atoms with Crippen molar-refractivity contribution in [3.05, 3.63) is 0 Å². The number of rotatable bonds is 10. The van der Waals surface area contributed by atoms with Crippen LogP contribution in [-0.4, -0.2) is 51.8 Å². The van der Waals surface area contributed by atoms with E-state index in [1.165, 1.54) is 25.8 Å². The molecular formula is C12H28N2O. The zero-order valence-electron chi connectivity index (χ0n) is 10.9. The minimum Gasteiger partial charge on any atom is -0.385 e. The second kappa shape index (κ2) is 10.4. The van der Waals surface area contributed by atoms with Gasteiger partial charge in [0, 0.05) is 26.3 Å². The third kappa shape index (κ3) is 10.2. The van der Waals surface area contributed by atoms with Crippen LogP contribution in [0.5, 0.6) is 0 Å². The quantitative estimate of drug-likeness (QED) is 0.563. The fraction of sp³-hybridized carbons (Fsp3) is 1.00. The third-order valence-electron chi connectivity index (χ3n) is 2.81. The van der Waals surface area contributed by atoms with Crippen LogP contribution in [0.3, 0.4) is 0 Å². The van der Waals surface area contributed by atoms with E-state index in [1.54, 1.807) is 7.11 Å². The molecule has 1 N–H and O–H groups in total. The number of hydrogen-bond acceptors (Lipinski definition) is 3. The monoisotopic (exact) mass is 216 g/mol. The molecule has 1 unspecified atom stereocenters. The molecule has 3 heteroatoms. The first kappa shape index (κ1) is 14.9. The molecule has 0 heterocycles. The van der Waals surface area contributed by atoms with Crippen molar-refractivity contribution in [2.75, 3.05) is 40.9 Å². The van der Waals surface area contributed by atoms with Crippen LogP contribution in [0.2, 0.25) is 0 Å². The minimum atomic E-state index is 0.656. The Morgan fingerprint density at radius 2 is 1.87 bits per heavy atom. The molecule has 92 valence electrons. The van der Waals surface area contributed by atoms with Crippen molar-refractivity contribution in [3.8, 4) is 0 Å². The van der Waals surface area contributed by atoms with Gasteiger partial charge < -0.3 is 15.0 Å². The van der Waals surface area contributed by atoms with Crippen LogP contribution in [0.1, 0.15) is 32.6 Å². The third-order valence-corrected chi connectivity index (χ3v) is 2.81. The summed E-state index contributed by atoms with van der Waals surface area (Å²) in [6.07, 6.45) is 5.04. The van der Waals surface area contributed by atoms with Gasteiger partial charge in [0.2, 0.25) is 0 Å². The number of hydrogen-bond donors (Lipinski definition) is 1. The average Bonchev–Trinajstić information content (AvgIpc) is 2.24. The predicted molar refractivity (Wildman–Crippen MR) is 66.4 cm³/mol. The lowest BCUT2D eigenvalue weighted by molar-refractivity contribution is 0.179. The molecule has 0 aromatic carbocycles. The van der Waals surface area contributed by atoms with E-state index in [1.807, 2.05) is 7.05 Å². The van der Waals surface area contributed by atoms with Gasteiger partial charge in [-0.15, -0.1) is 0 Å². The van der Waals surface area contributed by atoms with Gasteiger partial charge in [-0.1, -0.05) is 6.42 Å². The molecule has 0 rings (SSSR count). The zero-order chi connectivity index (χ0) is 11.5. The van der Waals surface area contributed by atoms with Crippen molar-refractivity contribution in [2.45, 2.75) is 38.6 Å². The van der Waals surface area contributed by atoms with Gasteiger partial charge in [-0.2, -0.15) is 0 Å². The lowest BCUT2D eigenvalue weighted by Crippen LogP contribution is -2.23. The van der Waals surface area contributed by atoms with E-state index in [4.69, 9.17) is 4.74 Å². The van der Waals surface area contributed by atoms with Crippen molar-refractivity contribution in [1.29, 1.82) is 0 Å². The summed E-state index contributed by atoms with van der Waals surface area (Å²) in [6, 6.07) is 0.656. The summed E-state index contributed by atoms with van der Waals surface area (Å²) in [5.74, 6) is 0. The van der Waals surface area contributed by atoms with E-state index in [9.17, 15) is 0 Å². The lowest BCUT2D eigenvalue weighted by atomic mass is 10.1. The topological polar surface area (TPSA) is 24.5 Å². The van der Waals surface area contributed by atoms with Gasteiger partial charge in [0.05, 0.1) is 0 Å². The van der Waals surface area contributed by atoms with Crippen LogP contribution in [0.15, 0.2) is 0 Å². The summed E-state index contributed by atoms with van der Waals surface area (Å²) in [4.78, 5) is 2.39. The molecule has 0 aromatic rings. The van der Waals surface area contributed by atoms with E-state index in [0.717, 1.165) is 19.6 Å². The Labute approximate surface area is 95.2 Å². The Hall–Kier alpha value is -0.120. The number of methoxy groups -OCH3 is 1. The number of ether oxygens (including phenoxy) is 1. The van der Waals surface area contributed by atoms with Crippen LogP contribution >= 0.6 is 0 Å². The maximum absolute atomic E-state index is 5.03. The molecule has 0 amide bonds. The molecule has 0 fully saturated rings. The standard InChI is InChI=1S/C12H28N2O/c1-12(13-2)8-5-6-9-14(3)10-7-11-15-4/h12-13H,5-11H2,1-4H3. The van der Waals surface area contributed by atoms with Crippen molar-refractivity contribution >= 4 is 0 Å². The molecule has 15 heavy (non-hydrogen) atoms. The molecule has 0 radical (unpaired) electrons. The Morgan fingerprint density at radius 1 is 1.20 bits per heavy atom. The maximum Gasteiger partial charge on any atom is 0.0474 e. The Balaban J connectivity index is 3.19. The van der Waals surface area contributed by atoms with Crippen LogP contribution in [0.4, 0.5) is 0 Å². The van der Waals surface area contributed by atoms with Crippen LogP contribution < -0.4 is 5.32 Å². The smallest absolute Gasteiger partial charge is 0.0474 e. The van der Waals surface area contributed by atoms with Crippen molar-refractivity contribution < 1.29 is 4.74 Å². The fourth-order valence-corrected chi connectivity index (χ4v) is 1.57. The van der Waals surface area contributed by atoms with Gasteiger partial charge in [0.15, 0.2) is 0 Å². The summed E-state index contributed by atoms with van der Waals surface area (Å²) in [7, 11) is 5.98. The minimum absolute atomic E-state index is 0.656. The molecule has 3 nitrogen and oxygen atoms in total. The molecule has 0 aliphatic heterocycles. The second-order valence-corrected chi connectivity index (χ2v) is 4.34. The Kier molecular flexibility index (Phi) is 10.3. The van der Waals surface area contributed by atoms with E-state index >= 15 is 0 Å². The van der Waals surface area contributed by atoms with Gasteiger partial charge in [-0.3, -0.25) is 0 Å². The number of unbranched alkanes of at least 4 members (excludes halogenated alkanes) is 1. The van der Waals surface area contributed by atoms with Crippen molar-refractivity contribution in [1.82, 2.24) is 10.2 Å². The van der Waals surface area contributed by atoms with Gasteiger partial charge in [0.1, 0.15) is 0 Å². The van der Waals surface area contributed by atoms with E-state index in [2.05, 4.69) is 24.2 Å². The highest BCUT2D eigenvalue weighted by atomic mass is 16.5. The molecule has 0 saturated carbocycles. The SMILES string of the molecule is CNC(C)CCCCN(C)CCCOC. The van der Waals surface area contributed by atoms with Gasteiger partial charge in [0.25, 0.3) is 0 Å². The highest BCUT2D eigenvalue weighted by molar-refractivity contribution is 4.58. The van der Waals surface area contributed by atoms with E-state index in [-0.39, 0.29) is 0 Å². The molecule has 0 bridgehead atoms. The molecule has 0 spiro atoms. The lowest BCUT2D eigenvalue weighted by Gasteiger charge is -2.16. The van der Waals surface area contributed by atoms with Crippen molar-refractivity contribution in [2.24, 2.45) is 0 Å². The molecular weight excluding hydrogens is 188 g/mol. The molecule has 0 aliphatic rings. The van der Waals surface area contributed by atoms with Crippen LogP contribution in [0, 0.1) is 0 Å². The summed E-state index contributed by atoms with van der Waals surface area (Å²) < 4.78 is 5.03.